The van der Waals surface area contributed by atoms with Crippen molar-refractivity contribution in [3.05, 3.63) is 76.5 Å². The Morgan fingerprint density at radius 2 is 1.81 bits per heavy atom. The van der Waals surface area contributed by atoms with E-state index in [0.717, 1.165) is 16.5 Å². The molecule has 0 saturated carbocycles. The van der Waals surface area contributed by atoms with E-state index in [-0.39, 0.29) is 24.3 Å². The summed E-state index contributed by atoms with van der Waals surface area (Å²) in [7, 11) is 0. The normalized spacial score (nSPS) is 12.1. The smallest absolute Gasteiger partial charge is 0.326 e. The molecule has 0 spiro atoms. The Morgan fingerprint density at radius 1 is 1.06 bits per heavy atom. The number of carbonyl (C=O) groups excluding carboxylic acids is 1. The first kappa shape index (κ1) is 20.3. The van der Waals surface area contributed by atoms with Crippen LogP contribution >= 0.6 is 0 Å². The number of carboxylic acids is 1. The summed E-state index contributed by atoms with van der Waals surface area (Å²) in [4.78, 5) is 46.4. The number of aromatic nitrogens is 3. The molecule has 1 amide bonds. The lowest BCUT2D eigenvalue weighted by Crippen LogP contribution is -2.42. The maximum absolute atomic E-state index is 12.3. The molecule has 1 unspecified atom stereocenters. The molecule has 8 heteroatoms. The van der Waals surface area contributed by atoms with Crippen LogP contribution in [0.3, 0.4) is 0 Å². The number of rotatable bonds is 8. The van der Waals surface area contributed by atoms with Crippen molar-refractivity contribution in [3.63, 3.8) is 0 Å². The van der Waals surface area contributed by atoms with Gasteiger partial charge in [-0.2, -0.15) is 0 Å². The Labute approximate surface area is 177 Å². The second kappa shape index (κ2) is 8.83. The predicted molar refractivity (Wildman–Crippen MR) is 117 cm³/mol. The summed E-state index contributed by atoms with van der Waals surface area (Å²) in [5, 5.41) is 13.6. The van der Waals surface area contributed by atoms with Crippen molar-refractivity contribution in [2.24, 2.45) is 0 Å². The van der Waals surface area contributed by atoms with Crippen LogP contribution in [0.25, 0.3) is 21.8 Å². The van der Waals surface area contributed by atoms with E-state index < -0.39 is 12.0 Å². The molecule has 0 aliphatic heterocycles. The Balaban J connectivity index is 1.35. The first-order valence-electron chi connectivity index (χ1n) is 10.1. The molecule has 1 atom stereocenters. The van der Waals surface area contributed by atoms with Gasteiger partial charge in [0.05, 0.1) is 10.9 Å². The lowest BCUT2D eigenvalue weighted by molar-refractivity contribution is -0.141. The van der Waals surface area contributed by atoms with Crippen molar-refractivity contribution in [1.29, 1.82) is 0 Å². The van der Waals surface area contributed by atoms with Crippen LogP contribution in [-0.2, 0) is 22.4 Å². The van der Waals surface area contributed by atoms with Gasteiger partial charge in [0.25, 0.3) is 5.56 Å². The number of aromatic amines is 2. The summed E-state index contributed by atoms with van der Waals surface area (Å²) in [6.07, 6.45) is 2.94. The van der Waals surface area contributed by atoms with Gasteiger partial charge >= 0.3 is 5.97 Å². The van der Waals surface area contributed by atoms with E-state index in [1.54, 1.807) is 24.4 Å². The summed E-state index contributed by atoms with van der Waals surface area (Å²) < 4.78 is 0. The maximum atomic E-state index is 12.3. The molecule has 4 rings (SSSR count). The van der Waals surface area contributed by atoms with Gasteiger partial charge in [0, 0.05) is 36.4 Å². The summed E-state index contributed by atoms with van der Waals surface area (Å²) in [6, 6.07) is 13.7. The van der Waals surface area contributed by atoms with E-state index in [9.17, 15) is 19.5 Å². The molecule has 0 bridgehead atoms. The van der Waals surface area contributed by atoms with Crippen molar-refractivity contribution in [1.82, 2.24) is 20.3 Å². The monoisotopic (exact) mass is 418 g/mol. The second-order valence-corrected chi connectivity index (χ2v) is 7.41. The van der Waals surface area contributed by atoms with Crippen LogP contribution in [0.1, 0.15) is 24.2 Å². The number of fused-ring (bicyclic) bond motifs is 2. The van der Waals surface area contributed by atoms with Gasteiger partial charge in [-0.15, -0.1) is 0 Å². The Morgan fingerprint density at radius 3 is 2.61 bits per heavy atom. The zero-order chi connectivity index (χ0) is 21.8. The zero-order valence-electron chi connectivity index (χ0n) is 16.7. The molecule has 31 heavy (non-hydrogen) atoms. The van der Waals surface area contributed by atoms with Gasteiger partial charge in [0.15, 0.2) is 0 Å². The number of H-pyrrole nitrogens is 2. The standard InChI is InChI=1S/C23H22N4O4/c28-21(11-5-10-20-25-18-9-4-2-7-16(18)22(29)27-20)26-19(23(30)31)12-14-13-24-17-8-3-1-6-15(14)17/h1-4,6-9,13,19,24H,5,10-12H2,(H,26,28)(H,30,31)(H,25,27,29). The van der Waals surface area contributed by atoms with E-state index in [0.29, 0.717) is 29.6 Å². The molecule has 158 valence electrons. The number of benzene rings is 2. The molecule has 2 aromatic heterocycles. The number of carbonyl (C=O) groups is 2. The van der Waals surface area contributed by atoms with Crippen LogP contribution in [0.2, 0.25) is 0 Å². The molecular formula is C23H22N4O4. The SMILES string of the molecule is O=C(CCCc1nc2ccccc2c(=O)[nH]1)NC(Cc1c[nH]c2ccccc12)C(=O)O. The van der Waals surface area contributed by atoms with Crippen molar-refractivity contribution in [2.75, 3.05) is 0 Å². The van der Waals surface area contributed by atoms with Gasteiger partial charge in [-0.05, 0) is 30.2 Å². The molecule has 0 fully saturated rings. The topological polar surface area (TPSA) is 128 Å². The highest BCUT2D eigenvalue weighted by atomic mass is 16.4. The molecule has 8 nitrogen and oxygen atoms in total. The first-order chi connectivity index (χ1) is 15.0. The van der Waals surface area contributed by atoms with Gasteiger partial charge in [-0.3, -0.25) is 9.59 Å². The maximum Gasteiger partial charge on any atom is 0.326 e. The van der Waals surface area contributed by atoms with Crippen molar-refractivity contribution in [2.45, 2.75) is 31.7 Å². The average Bonchev–Trinajstić information content (AvgIpc) is 3.16. The zero-order valence-corrected chi connectivity index (χ0v) is 16.7. The van der Waals surface area contributed by atoms with Gasteiger partial charge in [0.2, 0.25) is 5.91 Å². The highest BCUT2D eigenvalue weighted by Crippen LogP contribution is 2.19. The third-order valence-electron chi connectivity index (χ3n) is 5.21. The minimum Gasteiger partial charge on any atom is -0.480 e. The molecule has 2 heterocycles. The van der Waals surface area contributed by atoms with Crippen LogP contribution in [-0.4, -0.2) is 38.0 Å². The third-order valence-corrected chi connectivity index (χ3v) is 5.21. The summed E-state index contributed by atoms with van der Waals surface area (Å²) in [5.74, 6) is -0.931. The van der Waals surface area contributed by atoms with E-state index >= 15 is 0 Å². The number of aliphatic carboxylic acids is 1. The number of nitrogens with one attached hydrogen (secondary N) is 3. The Hall–Kier alpha value is -3.94. The van der Waals surface area contributed by atoms with Crippen LogP contribution in [0.15, 0.2) is 59.5 Å². The molecule has 4 aromatic rings. The molecular weight excluding hydrogens is 396 g/mol. The van der Waals surface area contributed by atoms with E-state index in [1.807, 2.05) is 30.3 Å². The molecule has 0 saturated heterocycles. The molecule has 0 aliphatic carbocycles. The second-order valence-electron chi connectivity index (χ2n) is 7.41. The molecule has 2 aromatic carbocycles. The fourth-order valence-corrected chi connectivity index (χ4v) is 3.66. The quantitative estimate of drug-likeness (QED) is 0.350. The fraction of sp³-hybridized carbons (Fsp3) is 0.217. The lowest BCUT2D eigenvalue weighted by atomic mass is 10.0. The molecule has 0 radical (unpaired) electrons. The van der Waals surface area contributed by atoms with Gasteiger partial charge < -0.3 is 20.4 Å². The number of aryl methyl sites for hydroxylation is 1. The fourth-order valence-electron chi connectivity index (χ4n) is 3.66. The summed E-state index contributed by atoms with van der Waals surface area (Å²) in [6.45, 7) is 0. The summed E-state index contributed by atoms with van der Waals surface area (Å²) in [5.41, 5.74) is 2.15. The number of amides is 1. The highest BCUT2D eigenvalue weighted by molar-refractivity contribution is 5.86. The average molecular weight is 418 g/mol. The van der Waals surface area contributed by atoms with Crippen LogP contribution in [0.5, 0.6) is 0 Å². The number of carboxylic acid groups (broad SMARTS) is 1. The minimum atomic E-state index is -1.08. The summed E-state index contributed by atoms with van der Waals surface area (Å²) >= 11 is 0. The predicted octanol–water partition coefficient (Wildman–Crippen LogP) is 2.54. The van der Waals surface area contributed by atoms with Crippen LogP contribution in [0, 0.1) is 0 Å². The number of hydrogen-bond donors (Lipinski definition) is 4. The van der Waals surface area contributed by atoms with Crippen LogP contribution < -0.4 is 10.9 Å². The number of hydrogen-bond acceptors (Lipinski definition) is 4. The van der Waals surface area contributed by atoms with Gasteiger partial charge in [-0.1, -0.05) is 30.3 Å². The molecule has 0 aliphatic rings. The number of para-hydroxylation sites is 2. The van der Waals surface area contributed by atoms with E-state index in [2.05, 4.69) is 20.3 Å². The van der Waals surface area contributed by atoms with Gasteiger partial charge in [0.1, 0.15) is 11.9 Å². The van der Waals surface area contributed by atoms with E-state index in [1.165, 1.54) is 0 Å². The minimum absolute atomic E-state index is 0.133. The van der Waals surface area contributed by atoms with Crippen molar-refractivity contribution < 1.29 is 14.7 Å². The highest BCUT2D eigenvalue weighted by Gasteiger charge is 2.21. The first-order valence-corrected chi connectivity index (χ1v) is 10.1. The largest absolute Gasteiger partial charge is 0.480 e. The Bertz CT molecular complexity index is 1310. The van der Waals surface area contributed by atoms with E-state index in [4.69, 9.17) is 0 Å². The lowest BCUT2D eigenvalue weighted by Gasteiger charge is -2.14. The third kappa shape index (κ3) is 4.63. The number of nitrogens with zero attached hydrogens (tertiary/aromatic N) is 1. The van der Waals surface area contributed by atoms with Crippen molar-refractivity contribution in [3.8, 4) is 0 Å². The molecule has 4 N–H and O–H groups in total. The van der Waals surface area contributed by atoms with Gasteiger partial charge in [-0.25, -0.2) is 9.78 Å². The Kier molecular flexibility index (Phi) is 5.79. The van der Waals surface area contributed by atoms with Crippen LogP contribution in [0.4, 0.5) is 0 Å². The van der Waals surface area contributed by atoms with Crippen molar-refractivity contribution >= 4 is 33.7 Å².